The smallest absolute Gasteiger partial charge is 0.155 e. The number of nitrogens with two attached hydrogens (primary N) is 1. The minimum atomic E-state index is -1.11. The van der Waals surface area contributed by atoms with E-state index in [1.807, 2.05) is 10.6 Å². The van der Waals surface area contributed by atoms with Crippen LogP contribution in [0.2, 0.25) is 25.7 Å². The number of methoxy groups -OCH3 is 1. The molecule has 0 aliphatic rings. The number of benzene rings is 1. The summed E-state index contributed by atoms with van der Waals surface area (Å²) < 4.78 is 27.1. The van der Waals surface area contributed by atoms with Gasteiger partial charge in [-0.15, -0.1) is 0 Å². The summed E-state index contributed by atoms with van der Waals surface area (Å²) in [6.45, 7) is 8.29. The second-order valence-electron chi connectivity index (χ2n) is 6.96. The SMILES string of the molecule is COCC(N)c1ccc2c(ncn2COCC[Si](C)(C)C)c1F. The second-order valence-corrected chi connectivity index (χ2v) is 12.6. The Kier molecular flexibility index (Phi) is 5.91. The van der Waals surface area contributed by atoms with E-state index in [0.29, 0.717) is 29.9 Å². The van der Waals surface area contributed by atoms with Crippen molar-refractivity contribution in [3.05, 3.63) is 29.8 Å². The molecule has 1 unspecified atom stereocenters. The normalized spacial score (nSPS) is 13.7. The molecule has 23 heavy (non-hydrogen) atoms. The second kappa shape index (κ2) is 7.52. The van der Waals surface area contributed by atoms with Crippen LogP contribution < -0.4 is 5.73 Å². The van der Waals surface area contributed by atoms with Gasteiger partial charge in [-0.2, -0.15) is 0 Å². The Labute approximate surface area is 137 Å². The first-order valence-electron chi connectivity index (χ1n) is 7.79. The highest BCUT2D eigenvalue weighted by atomic mass is 28.3. The average Bonchev–Trinajstić information content (AvgIpc) is 2.87. The monoisotopic (exact) mass is 339 g/mol. The molecule has 2 rings (SSSR count). The predicted octanol–water partition coefficient (Wildman–Crippen LogP) is 3.13. The van der Waals surface area contributed by atoms with Crippen molar-refractivity contribution in [2.45, 2.75) is 38.5 Å². The zero-order valence-electron chi connectivity index (χ0n) is 14.3. The largest absolute Gasteiger partial charge is 0.383 e. The molecule has 7 heteroatoms. The molecule has 2 N–H and O–H groups in total. The first-order valence-corrected chi connectivity index (χ1v) is 11.5. The number of hydrogen-bond acceptors (Lipinski definition) is 4. The van der Waals surface area contributed by atoms with Gasteiger partial charge in [0.15, 0.2) is 5.82 Å². The Hall–Kier alpha value is -1.28. The first-order chi connectivity index (χ1) is 10.8. The Bertz CT molecular complexity index is 655. The lowest BCUT2D eigenvalue weighted by molar-refractivity contribution is 0.0898. The molecule has 0 bridgehead atoms. The maximum Gasteiger partial charge on any atom is 0.155 e. The predicted molar refractivity (Wildman–Crippen MR) is 92.6 cm³/mol. The third-order valence-electron chi connectivity index (χ3n) is 3.73. The van der Waals surface area contributed by atoms with Crippen LogP contribution in [0.3, 0.4) is 0 Å². The van der Waals surface area contributed by atoms with Crippen LogP contribution in [0.1, 0.15) is 11.6 Å². The van der Waals surface area contributed by atoms with Crippen molar-refractivity contribution in [2.24, 2.45) is 5.73 Å². The van der Waals surface area contributed by atoms with Gasteiger partial charge in [0.05, 0.1) is 24.5 Å². The van der Waals surface area contributed by atoms with Crippen LogP contribution in [0.5, 0.6) is 0 Å². The van der Waals surface area contributed by atoms with E-state index in [9.17, 15) is 4.39 Å². The summed E-state index contributed by atoms with van der Waals surface area (Å²) in [5, 5.41) is 0. The highest BCUT2D eigenvalue weighted by Crippen LogP contribution is 2.24. The van der Waals surface area contributed by atoms with Gasteiger partial charge in [-0.25, -0.2) is 9.37 Å². The summed E-state index contributed by atoms with van der Waals surface area (Å²) in [5.74, 6) is -0.382. The van der Waals surface area contributed by atoms with E-state index in [4.69, 9.17) is 15.2 Å². The quantitative estimate of drug-likeness (QED) is 0.593. The molecular formula is C16H26FN3O2Si. The fourth-order valence-electron chi connectivity index (χ4n) is 2.31. The molecule has 0 spiro atoms. The van der Waals surface area contributed by atoms with Gasteiger partial charge in [0.25, 0.3) is 0 Å². The molecule has 0 radical (unpaired) electrons. The Balaban J connectivity index is 2.11. The van der Waals surface area contributed by atoms with Crippen molar-refractivity contribution in [2.75, 3.05) is 20.3 Å². The third-order valence-corrected chi connectivity index (χ3v) is 5.44. The van der Waals surface area contributed by atoms with Gasteiger partial charge in [-0.05, 0) is 12.1 Å². The van der Waals surface area contributed by atoms with Gasteiger partial charge < -0.3 is 19.8 Å². The van der Waals surface area contributed by atoms with Gasteiger partial charge >= 0.3 is 0 Å². The molecule has 0 aliphatic heterocycles. The topological polar surface area (TPSA) is 62.3 Å². The van der Waals surface area contributed by atoms with Crippen LogP contribution >= 0.6 is 0 Å². The van der Waals surface area contributed by atoms with Crippen LogP contribution in [-0.4, -0.2) is 37.9 Å². The number of nitrogens with zero attached hydrogens (tertiary/aromatic N) is 2. The zero-order valence-corrected chi connectivity index (χ0v) is 15.3. The van der Waals surface area contributed by atoms with Crippen molar-refractivity contribution in [1.29, 1.82) is 0 Å². The van der Waals surface area contributed by atoms with Crippen LogP contribution in [-0.2, 0) is 16.2 Å². The van der Waals surface area contributed by atoms with E-state index < -0.39 is 14.1 Å². The molecule has 1 aromatic carbocycles. The minimum Gasteiger partial charge on any atom is -0.383 e. The minimum absolute atomic E-state index is 0.267. The van der Waals surface area contributed by atoms with E-state index in [-0.39, 0.29) is 12.4 Å². The lowest BCUT2D eigenvalue weighted by Crippen LogP contribution is -2.22. The van der Waals surface area contributed by atoms with Crippen LogP contribution in [0.15, 0.2) is 18.5 Å². The number of fused-ring (bicyclic) bond motifs is 1. The summed E-state index contributed by atoms with van der Waals surface area (Å²) in [7, 11) is 0.439. The molecule has 1 aromatic heterocycles. The number of aromatic nitrogens is 2. The Morgan fingerprint density at radius 2 is 2.09 bits per heavy atom. The number of halogens is 1. The van der Waals surface area contributed by atoms with E-state index in [1.54, 1.807) is 19.5 Å². The number of imidazole rings is 1. The lowest BCUT2D eigenvalue weighted by atomic mass is 10.1. The maximum atomic E-state index is 14.6. The molecule has 128 valence electrons. The fraction of sp³-hybridized carbons (Fsp3) is 0.562. The summed E-state index contributed by atoms with van der Waals surface area (Å²) in [6.07, 6.45) is 1.61. The van der Waals surface area contributed by atoms with E-state index >= 15 is 0 Å². The van der Waals surface area contributed by atoms with Crippen molar-refractivity contribution >= 4 is 19.1 Å². The van der Waals surface area contributed by atoms with Gasteiger partial charge in [0.2, 0.25) is 0 Å². The zero-order chi connectivity index (χ0) is 17.0. The van der Waals surface area contributed by atoms with Gasteiger partial charge in [0, 0.05) is 27.4 Å². The van der Waals surface area contributed by atoms with E-state index in [0.717, 1.165) is 6.04 Å². The Morgan fingerprint density at radius 1 is 1.35 bits per heavy atom. The van der Waals surface area contributed by atoms with Crippen molar-refractivity contribution in [1.82, 2.24) is 9.55 Å². The summed E-state index contributed by atoms with van der Waals surface area (Å²) in [5.41, 5.74) is 7.38. The van der Waals surface area contributed by atoms with E-state index in [1.165, 1.54) is 0 Å². The molecular weight excluding hydrogens is 313 g/mol. The third kappa shape index (κ3) is 4.60. The Morgan fingerprint density at radius 3 is 2.74 bits per heavy atom. The summed E-state index contributed by atoms with van der Waals surface area (Å²) in [6, 6.07) is 4.13. The molecule has 0 saturated heterocycles. The van der Waals surface area contributed by atoms with Crippen LogP contribution in [0.25, 0.3) is 11.0 Å². The fourth-order valence-corrected chi connectivity index (χ4v) is 3.07. The van der Waals surface area contributed by atoms with Gasteiger partial charge in [0.1, 0.15) is 12.2 Å². The van der Waals surface area contributed by atoms with E-state index in [2.05, 4.69) is 24.6 Å². The molecule has 1 heterocycles. The standard InChI is InChI=1S/C16H26FN3O2Si/c1-21-9-13(18)12-5-6-14-16(15(12)17)19-10-20(14)11-22-7-8-23(2,3)4/h5-6,10,13H,7-9,11,18H2,1-4H3. The molecule has 0 amide bonds. The molecule has 0 aliphatic carbocycles. The molecule has 2 aromatic rings. The molecule has 1 atom stereocenters. The van der Waals surface area contributed by atoms with Gasteiger partial charge in [-0.3, -0.25) is 0 Å². The first kappa shape index (κ1) is 18.1. The van der Waals surface area contributed by atoms with Gasteiger partial charge in [-0.1, -0.05) is 25.7 Å². The molecule has 5 nitrogen and oxygen atoms in total. The summed E-state index contributed by atoms with van der Waals surface area (Å²) in [4.78, 5) is 4.17. The van der Waals surface area contributed by atoms with Crippen molar-refractivity contribution < 1.29 is 13.9 Å². The molecule has 0 fully saturated rings. The highest BCUT2D eigenvalue weighted by molar-refractivity contribution is 6.76. The van der Waals surface area contributed by atoms with Crippen LogP contribution in [0.4, 0.5) is 4.39 Å². The number of rotatable bonds is 8. The number of ether oxygens (including phenoxy) is 2. The van der Waals surface area contributed by atoms with Crippen molar-refractivity contribution in [3.63, 3.8) is 0 Å². The number of hydrogen-bond donors (Lipinski definition) is 1. The maximum absolute atomic E-state index is 14.6. The lowest BCUT2D eigenvalue weighted by Gasteiger charge is -2.15. The summed E-state index contributed by atoms with van der Waals surface area (Å²) >= 11 is 0. The average molecular weight is 339 g/mol. The highest BCUT2D eigenvalue weighted by Gasteiger charge is 2.17. The van der Waals surface area contributed by atoms with Crippen molar-refractivity contribution in [3.8, 4) is 0 Å². The molecule has 0 saturated carbocycles. The van der Waals surface area contributed by atoms with Crippen LogP contribution in [0, 0.1) is 5.82 Å².